The molecule has 5 heteroatoms. The van der Waals surface area contributed by atoms with Crippen molar-refractivity contribution in [3.8, 4) is 0 Å². The molecule has 0 fully saturated rings. The average molecular weight is 211 g/mol. The molecule has 0 radical (unpaired) electrons. The summed E-state index contributed by atoms with van der Waals surface area (Å²) in [6.45, 7) is 0. The number of halogens is 3. The Morgan fingerprint density at radius 2 is 2.08 bits per heavy atom. The van der Waals surface area contributed by atoms with Crippen LogP contribution < -0.4 is 0 Å². The van der Waals surface area contributed by atoms with Crippen LogP contribution in [0.5, 0.6) is 0 Å². The quantitative estimate of drug-likeness (QED) is 0.774. The Balaban J connectivity index is 0.00000121. The molecular weight excluding hydrogens is 206 g/mol. The van der Waals surface area contributed by atoms with Gasteiger partial charge in [0.1, 0.15) is 5.82 Å². The molecule has 0 heterocycles. The smallest absolute Gasteiger partial charge is 0.337 e. The van der Waals surface area contributed by atoms with Gasteiger partial charge in [-0.3, -0.25) is 0 Å². The minimum atomic E-state index is -1.16. The van der Waals surface area contributed by atoms with Gasteiger partial charge in [-0.15, -0.1) is 12.4 Å². The first kappa shape index (κ1) is 11.2. The van der Waals surface area contributed by atoms with E-state index in [1.807, 2.05) is 0 Å². The zero-order valence-electron chi connectivity index (χ0n) is 5.75. The molecule has 0 bridgehead atoms. The summed E-state index contributed by atoms with van der Waals surface area (Å²) in [7, 11) is 0. The summed E-state index contributed by atoms with van der Waals surface area (Å²) in [5.74, 6) is -1.70. The molecule has 0 aliphatic heterocycles. The van der Waals surface area contributed by atoms with Crippen molar-refractivity contribution >= 4 is 30.0 Å². The minimum absolute atomic E-state index is 0. The highest BCUT2D eigenvalue weighted by atomic mass is 35.5. The lowest BCUT2D eigenvalue weighted by molar-refractivity contribution is 0.0697. The first-order chi connectivity index (χ1) is 5.11. The molecule has 0 atom stereocenters. The van der Waals surface area contributed by atoms with Gasteiger partial charge < -0.3 is 5.11 Å². The molecule has 0 spiro atoms. The Hall–Kier alpha value is -0.800. The van der Waals surface area contributed by atoms with E-state index in [0.717, 1.165) is 18.2 Å². The fourth-order valence-corrected chi connectivity index (χ4v) is 0.911. The maximum atomic E-state index is 12.3. The molecular formula is C7H5Cl2FO2. The molecule has 1 N–H and O–H groups in total. The van der Waals surface area contributed by atoms with Crippen LogP contribution in [0.3, 0.4) is 0 Å². The van der Waals surface area contributed by atoms with Gasteiger partial charge in [0.25, 0.3) is 0 Å². The van der Waals surface area contributed by atoms with Gasteiger partial charge in [0, 0.05) is 0 Å². The van der Waals surface area contributed by atoms with Gasteiger partial charge in [-0.05, 0) is 18.2 Å². The van der Waals surface area contributed by atoms with Gasteiger partial charge in [0.05, 0.1) is 10.6 Å². The number of aromatic carboxylic acids is 1. The van der Waals surface area contributed by atoms with E-state index in [-0.39, 0.29) is 23.0 Å². The highest BCUT2D eigenvalue weighted by Crippen LogP contribution is 2.16. The zero-order chi connectivity index (χ0) is 8.43. The van der Waals surface area contributed by atoms with Crippen LogP contribution in [0.2, 0.25) is 5.02 Å². The van der Waals surface area contributed by atoms with Crippen molar-refractivity contribution in [3.05, 3.63) is 34.6 Å². The Bertz CT molecular complexity index is 301. The van der Waals surface area contributed by atoms with Crippen molar-refractivity contribution in [1.29, 1.82) is 0 Å². The van der Waals surface area contributed by atoms with Crippen LogP contribution in [0, 0.1) is 5.82 Å². The Morgan fingerprint density at radius 1 is 1.50 bits per heavy atom. The van der Waals surface area contributed by atoms with Crippen molar-refractivity contribution in [2.24, 2.45) is 0 Å². The predicted molar refractivity (Wildman–Crippen MR) is 45.6 cm³/mol. The molecule has 0 saturated heterocycles. The Morgan fingerprint density at radius 3 is 2.50 bits per heavy atom. The van der Waals surface area contributed by atoms with Crippen molar-refractivity contribution in [2.75, 3.05) is 0 Å². The van der Waals surface area contributed by atoms with Crippen LogP contribution in [0.1, 0.15) is 10.4 Å². The maximum absolute atomic E-state index is 12.3. The summed E-state index contributed by atoms with van der Waals surface area (Å²) < 4.78 is 12.3. The third kappa shape index (κ3) is 2.36. The highest BCUT2D eigenvalue weighted by Gasteiger charge is 2.07. The van der Waals surface area contributed by atoms with E-state index in [9.17, 15) is 9.18 Å². The van der Waals surface area contributed by atoms with Crippen LogP contribution in [0.25, 0.3) is 0 Å². The average Bonchev–Trinajstić information content (AvgIpc) is 1.85. The summed E-state index contributed by atoms with van der Waals surface area (Å²) in [5, 5.41) is 8.36. The molecule has 0 amide bonds. The van der Waals surface area contributed by atoms with Crippen LogP contribution in [-0.2, 0) is 0 Å². The molecule has 66 valence electrons. The largest absolute Gasteiger partial charge is 0.478 e. The molecule has 1 aromatic carbocycles. The molecule has 12 heavy (non-hydrogen) atoms. The maximum Gasteiger partial charge on any atom is 0.337 e. The minimum Gasteiger partial charge on any atom is -0.478 e. The zero-order valence-corrected chi connectivity index (χ0v) is 7.32. The predicted octanol–water partition coefficient (Wildman–Crippen LogP) is 2.60. The first-order valence-corrected chi connectivity index (χ1v) is 3.17. The summed E-state index contributed by atoms with van der Waals surface area (Å²) >= 11 is 5.40. The fraction of sp³-hybridized carbons (Fsp3) is 0. The van der Waals surface area contributed by atoms with Crippen LogP contribution in [0.15, 0.2) is 18.2 Å². The van der Waals surface area contributed by atoms with E-state index in [1.54, 1.807) is 0 Å². The van der Waals surface area contributed by atoms with Crippen LogP contribution in [-0.4, -0.2) is 11.1 Å². The molecule has 2 nitrogen and oxygen atoms in total. The number of rotatable bonds is 1. The summed E-state index contributed by atoms with van der Waals surface area (Å²) in [4.78, 5) is 10.3. The second-order valence-corrected chi connectivity index (χ2v) is 2.34. The molecule has 1 aromatic rings. The number of carboxylic acid groups (broad SMARTS) is 1. The summed E-state index contributed by atoms with van der Waals surface area (Å²) in [6, 6.07) is 3.14. The van der Waals surface area contributed by atoms with E-state index in [2.05, 4.69) is 0 Å². The standard InChI is InChI=1S/C7H4ClFO2.ClH/c8-6-3-4(9)1-2-5(6)7(10)11;/h1-3H,(H,10,11);1H. The van der Waals surface area contributed by atoms with Crippen molar-refractivity contribution in [2.45, 2.75) is 0 Å². The number of hydrogen-bond donors (Lipinski definition) is 1. The van der Waals surface area contributed by atoms with Gasteiger partial charge >= 0.3 is 5.97 Å². The Labute approximate surface area is 79.4 Å². The molecule has 0 unspecified atom stereocenters. The monoisotopic (exact) mass is 210 g/mol. The third-order valence-corrected chi connectivity index (χ3v) is 1.47. The van der Waals surface area contributed by atoms with Crippen molar-refractivity contribution in [1.82, 2.24) is 0 Å². The van der Waals surface area contributed by atoms with Crippen molar-refractivity contribution < 1.29 is 14.3 Å². The van der Waals surface area contributed by atoms with Gasteiger partial charge in [0.15, 0.2) is 0 Å². The van der Waals surface area contributed by atoms with E-state index in [4.69, 9.17) is 16.7 Å². The summed E-state index contributed by atoms with van der Waals surface area (Å²) in [5.41, 5.74) is -0.0898. The number of carbonyl (C=O) groups is 1. The van der Waals surface area contributed by atoms with E-state index >= 15 is 0 Å². The second kappa shape index (κ2) is 4.28. The second-order valence-electron chi connectivity index (χ2n) is 1.93. The van der Waals surface area contributed by atoms with E-state index in [0.29, 0.717) is 0 Å². The number of hydrogen-bond acceptors (Lipinski definition) is 1. The lowest BCUT2D eigenvalue weighted by Crippen LogP contribution is -1.96. The topological polar surface area (TPSA) is 37.3 Å². The van der Waals surface area contributed by atoms with Gasteiger partial charge in [0.2, 0.25) is 0 Å². The SMILES string of the molecule is Cl.O=C(O)c1ccc(F)cc1Cl. The third-order valence-electron chi connectivity index (χ3n) is 1.16. The lowest BCUT2D eigenvalue weighted by atomic mass is 10.2. The number of benzene rings is 1. The van der Waals surface area contributed by atoms with Gasteiger partial charge in [-0.2, -0.15) is 0 Å². The lowest BCUT2D eigenvalue weighted by Gasteiger charge is -1.96. The Kier molecular flexibility index (Phi) is 4.00. The molecule has 1 rings (SSSR count). The van der Waals surface area contributed by atoms with E-state index in [1.165, 1.54) is 0 Å². The normalized spacial score (nSPS) is 8.83. The molecule has 0 aromatic heterocycles. The van der Waals surface area contributed by atoms with Crippen molar-refractivity contribution in [3.63, 3.8) is 0 Å². The highest BCUT2D eigenvalue weighted by molar-refractivity contribution is 6.33. The van der Waals surface area contributed by atoms with Crippen LogP contribution in [0.4, 0.5) is 4.39 Å². The van der Waals surface area contributed by atoms with Gasteiger partial charge in [-0.1, -0.05) is 11.6 Å². The van der Waals surface area contributed by atoms with E-state index < -0.39 is 11.8 Å². The fourth-order valence-electron chi connectivity index (χ4n) is 0.663. The van der Waals surface area contributed by atoms with Gasteiger partial charge in [-0.25, -0.2) is 9.18 Å². The molecule has 0 aliphatic carbocycles. The number of carboxylic acids is 1. The molecule has 0 aliphatic rings. The summed E-state index contributed by atoms with van der Waals surface area (Å²) in [6.07, 6.45) is 0. The van der Waals surface area contributed by atoms with Crippen LogP contribution >= 0.6 is 24.0 Å². The molecule has 0 saturated carbocycles. The first-order valence-electron chi connectivity index (χ1n) is 2.79.